The van der Waals surface area contributed by atoms with Crippen LogP contribution in [0.25, 0.3) is 10.9 Å². The number of hydrogen-bond donors (Lipinski definition) is 1. The lowest BCUT2D eigenvalue weighted by molar-refractivity contribution is 0.201. The van der Waals surface area contributed by atoms with Gasteiger partial charge in [0.25, 0.3) is 0 Å². The Bertz CT molecular complexity index is 557. The molecule has 0 aliphatic carbocycles. The molecule has 1 aliphatic rings. The van der Waals surface area contributed by atoms with E-state index < -0.39 is 0 Å². The van der Waals surface area contributed by atoms with Gasteiger partial charge in [-0.3, -0.25) is 4.90 Å². The highest BCUT2D eigenvalue weighted by Gasteiger charge is 2.21. The van der Waals surface area contributed by atoms with E-state index in [1.54, 1.807) is 0 Å². The number of fused-ring (bicyclic) bond motifs is 3. The maximum absolute atomic E-state index is 6.03. The molecule has 0 amide bonds. The predicted molar refractivity (Wildman–Crippen MR) is 72.6 cm³/mol. The first-order chi connectivity index (χ1) is 8.15. The second-order valence-electron chi connectivity index (χ2n) is 5.09. The minimum Gasteiger partial charge on any atom is -0.357 e. The molecule has 0 saturated heterocycles. The maximum atomic E-state index is 6.03. The molecule has 0 spiro atoms. The van der Waals surface area contributed by atoms with Gasteiger partial charge >= 0.3 is 0 Å². The summed E-state index contributed by atoms with van der Waals surface area (Å²) in [5, 5.41) is 2.14. The summed E-state index contributed by atoms with van der Waals surface area (Å²) in [6.07, 6.45) is 1.13. The van der Waals surface area contributed by atoms with Gasteiger partial charge < -0.3 is 4.98 Å². The van der Waals surface area contributed by atoms with Crippen molar-refractivity contribution in [2.45, 2.75) is 32.9 Å². The molecule has 3 heteroatoms. The molecule has 3 rings (SSSR count). The van der Waals surface area contributed by atoms with Gasteiger partial charge in [0.1, 0.15) is 0 Å². The van der Waals surface area contributed by atoms with Crippen molar-refractivity contribution >= 4 is 22.5 Å². The summed E-state index contributed by atoms with van der Waals surface area (Å²) in [4.78, 5) is 6.01. The number of aromatic amines is 1. The first-order valence-electron chi connectivity index (χ1n) is 6.18. The molecule has 1 N–H and O–H groups in total. The molecule has 0 radical (unpaired) electrons. The Hall–Kier alpha value is -0.990. The van der Waals surface area contributed by atoms with E-state index in [4.69, 9.17) is 11.6 Å². The quantitative estimate of drug-likeness (QED) is 0.817. The molecule has 90 valence electrons. The van der Waals surface area contributed by atoms with Crippen molar-refractivity contribution < 1.29 is 0 Å². The van der Waals surface area contributed by atoms with Gasteiger partial charge in [-0.15, -0.1) is 0 Å². The Morgan fingerprint density at radius 2 is 2.18 bits per heavy atom. The van der Waals surface area contributed by atoms with Crippen LogP contribution in [-0.2, 0) is 13.0 Å². The van der Waals surface area contributed by atoms with E-state index in [9.17, 15) is 0 Å². The zero-order valence-electron chi connectivity index (χ0n) is 10.3. The molecule has 1 aliphatic heterocycles. The van der Waals surface area contributed by atoms with E-state index in [2.05, 4.69) is 29.8 Å². The fourth-order valence-electron chi connectivity index (χ4n) is 2.68. The standard InChI is InChI=1S/C14H17ClN2/c1-9(2)17-6-5-12-11-4-3-10(15)7-13(11)16-14(12)8-17/h3-4,7,9,16H,5-6,8H2,1-2H3. The highest BCUT2D eigenvalue weighted by atomic mass is 35.5. The van der Waals surface area contributed by atoms with Crippen molar-refractivity contribution in [3.63, 3.8) is 0 Å². The van der Waals surface area contributed by atoms with Crippen molar-refractivity contribution in [2.75, 3.05) is 6.54 Å². The van der Waals surface area contributed by atoms with Crippen molar-refractivity contribution in [1.82, 2.24) is 9.88 Å². The number of H-pyrrole nitrogens is 1. The second kappa shape index (κ2) is 4.04. The summed E-state index contributed by atoms with van der Waals surface area (Å²) < 4.78 is 0. The minimum absolute atomic E-state index is 0.609. The van der Waals surface area contributed by atoms with E-state index in [1.807, 2.05) is 12.1 Å². The summed E-state index contributed by atoms with van der Waals surface area (Å²) in [7, 11) is 0. The molecular weight excluding hydrogens is 232 g/mol. The number of hydrogen-bond acceptors (Lipinski definition) is 1. The van der Waals surface area contributed by atoms with Gasteiger partial charge in [0.2, 0.25) is 0 Å². The Labute approximate surface area is 107 Å². The third kappa shape index (κ3) is 1.85. The molecule has 2 aromatic rings. The van der Waals surface area contributed by atoms with Crippen LogP contribution in [-0.4, -0.2) is 22.5 Å². The third-order valence-electron chi connectivity index (χ3n) is 3.70. The molecule has 17 heavy (non-hydrogen) atoms. The van der Waals surface area contributed by atoms with Gasteiger partial charge in [-0.05, 0) is 38.0 Å². The summed E-state index contributed by atoms with van der Waals surface area (Å²) in [6.45, 7) is 6.69. The summed E-state index contributed by atoms with van der Waals surface area (Å²) in [6, 6.07) is 6.75. The van der Waals surface area contributed by atoms with Gasteiger partial charge in [-0.1, -0.05) is 17.7 Å². The average molecular weight is 249 g/mol. The zero-order valence-corrected chi connectivity index (χ0v) is 11.0. The van der Waals surface area contributed by atoms with E-state index in [0.29, 0.717) is 6.04 Å². The number of nitrogens with zero attached hydrogens (tertiary/aromatic N) is 1. The first kappa shape index (κ1) is 11.1. The first-order valence-corrected chi connectivity index (χ1v) is 6.56. The Balaban J connectivity index is 2.07. The van der Waals surface area contributed by atoms with Gasteiger partial charge in [0.05, 0.1) is 0 Å². The van der Waals surface area contributed by atoms with Crippen LogP contribution < -0.4 is 0 Å². The van der Waals surface area contributed by atoms with Crippen molar-refractivity contribution in [3.8, 4) is 0 Å². The predicted octanol–water partition coefficient (Wildman–Crippen LogP) is 3.59. The molecule has 0 bridgehead atoms. The van der Waals surface area contributed by atoms with E-state index in [1.165, 1.54) is 22.2 Å². The van der Waals surface area contributed by atoms with E-state index in [-0.39, 0.29) is 0 Å². The topological polar surface area (TPSA) is 19.0 Å². The van der Waals surface area contributed by atoms with Gasteiger partial charge in [-0.25, -0.2) is 0 Å². The van der Waals surface area contributed by atoms with Crippen LogP contribution in [0.3, 0.4) is 0 Å². The normalized spacial score (nSPS) is 16.7. The van der Waals surface area contributed by atoms with Crippen LogP contribution >= 0.6 is 11.6 Å². The molecular formula is C14H17ClN2. The molecule has 1 aromatic heterocycles. The lowest BCUT2D eigenvalue weighted by Crippen LogP contribution is -2.35. The van der Waals surface area contributed by atoms with Crippen molar-refractivity contribution in [3.05, 3.63) is 34.5 Å². The average Bonchev–Trinajstić information content (AvgIpc) is 2.64. The highest BCUT2D eigenvalue weighted by molar-refractivity contribution is 6.31. The summed E-state index contributed by atoms with van der Waals surface area (Å²) in [5.74, 6) is 0. The van der Waals surface area contributed by atoms with Crippen LogP contribution in [0.4, 0.5) is 0 Å². The van der Waals surface area contributed by atoms with Crippen molar-refractivity contribution in [2.24, 2.45) is 0 Å². The fourth-order valence-corrected chi connectivity index (χ4v) is 2.85. The molecule has 0 saturated carbocycles. The lowest BCUT2D eigenvalue weighted by atomic mass is 10.0. The van der Waals surface area contributed by atoms with Crippen LogP contribution in [0, 0.1) is 0 Å². The third-order valence-corrected chi connectivity index (χ3v) is 3.93. The van der Waals surface area contributed by atoms with E-state index >= 15 is 0 Å². The van der Waals surface area contributed by atoms with Gasteiger partial charge in [0.15, 0.2) is 0 Å². The second-order valence-corrected chi connectivity index (χ2v) is 5.52. The lowest BCUT2D eigenvalue weighted by Gasteiger charge is -2.30. The number of aromatic nitrogens is 1. The summed E-state index contributed by atoms with van der Waals surface area (Å²) >= 11 is 6.03. The van der Waals surface area contributed by atoms with Gasteiger partial charge in [0, 0.05) is 40.8 Å². The SMILES string of the molecule is CC(C)N1CCc2c([nH]c3cc(Cl)ccc23)C1. The zero-order chi connectivity index (χ0) is 12.0. The Morgan fingerprint density at radius 1 is 1.35 bits per heavy atom. The van der Waals surface area contributed by atoms with Crippen LogP contribution in [0.5, 0.6) is 0 Å². The Morgan fingerprint density at radius 3 is 2.94 bits per heavy atom. The largest absolute Gasteiger partial charge is 0.357 e. The van der Waals surface area contributed by atoms with Crippen LogP contribution in [0.1, 0.15) is 25.1 Å². The van der Waals surface area contributed by atoms with Gasteiger partial charge in [-0.2, -0.15) is 0 Å². The van der Waals surface area contributed by atoms with Crippen LogP contribution in [0.15, 0.2) is 18.2 Å². The smallest absolute Gasteiger partial charge is 0.0474 e. The Kier molecular flexibility index (Phi) is 2.64. The fraction of sp³-hybridized carbons (Fsp3) is 0.429. The van der Waals surface area contributed by atoms with Crippen LogP contribution in [0.2, 0.25) is 5.02 Å². The van der Waals surface area contributed by atoms with E-state index in [0.717, 1.165) is 24.5 Å². The molecule has 0 fully saturated rings. The minimum atomic E-state index is 0.609. The molecule has 0 unspecified atom stereocenters. The molecule has 2 nitrogen and oxygen atoms in total. The summed E-state index contributed by atoms with van der Waals surface area (Å²) in [5.41, 5.74) is 4.02. The number of nitrogens with one attached hydrogen (secondary N) is 1. The molecule has 2 heterocycles. The number of rotatable bonds is 1. The number of halogens is 1. The van der Waals surface area contributed by atoms with Crippen molar-refractivity contribution in [1.29, 1.82) is 0 Å². The molecule has 1 aromatic carbocycles. The highest BCUT2D eigenvalue weighted by Crippen LogP contribution is 2.29. The monoisotopic (exact) mass is 248 g/mol. The number of benzene rings is 1. The maximum Gasteiger partial charge on any atom is 0.0474 e. The molecule has 0 atom stereocenters.